The highest BCUT2D eigenvalue weighted by molar-refractivity contribution is 6.04. The van der Waals surface area contributed by atoms with Crippen LogP contribution in [0.15, 0.2) is 48.5 Å². The molecule has 0 spiro atoms. The summed E-state index contributed by atoms with van der Waals surface area (Å²) in [4.78, 5) is 13.6. The fourth-order valence-corrected chi connectivity index (χ4v) is 2.60. The number of rotatable bonds is 3. The lowest BCUT2D eigenvalue weighted by Crippen LogP contribution is -2.59. The Balaban J connectivity index is 1.92. The molecule has 0 aliphatic carbocycles. The first kappa shape index (κ1) is 13.6. The van der Waals surface area contributed by atoms with Gasteiger partial charge < -0.3 is 9.84 Å². The third-order valence-corrected chi connectivity index (χ3v) is 3.84. The van der Waals surface area contributed by atoms with Gasteiger partial charge in [0, 0.05) is 5.69 Å². The van der Waals surface area contributed by atoms with Crippen molar-refractivity contribution < 1.29 is 14.6 Å². The zero-order valence-corrected chi connectivity index (χ0v) is 12.0. The largest absolute Gasteiger partial charge is 0.497 e. The Morgan fingerprint density at radius 2 is 1.67 bits per heavy atom. The van der Waals surface area contributed by atoms with Crippen LogP contribution < -0.4 is 9.64 Å². The summed E-state index contributed by atoms with van der Waals surface area (Å²) in [5.41, 5.74) is 2.83. The maximum Gasteiger partial charge on any atom is 0.259 e. The Bertz CT molecular complexity index is 649. The van der Waals surface area contributed by atoms with Gasteiger partial charge in [0.2, 0.25) is 0 Å². The van der Waals surface area contributed by atoms with E-state index in [0.29, 0.717) is 0 Å². The summed E-state index contributed by atoms with van der Waals surface area (Å²) in [6.45, 7) is 2.00. The molecule has 1 saturated heterocycles. The van der Waals surface area contributed by atoms with Gasteiger partial charge in [-0.1, -0.05) is 29.8 Å². The smallest absolute Gasteiger partial charge is 0.259 e. The lowest BCUT2D eigenvalue weighted by atomic mass is 9.90. The SMILES string of the molecule is COc1ccc([C@@H]2[C@H](O)C(=O)N2c2ccc(C)cc2)cc1. The molecule has 0 bridgehead atoms. The van der Waals surface area contributed by atoms with Crippen molar-refractivity contribution in [1.29, 1.82) is 0 Å². The molecule has 4 nitrogen and oxygen atoms in total. The summed E-state index contributed by atoms with van der Waals surface area (Å²) >= 11 is 0. The summed E-state index contributed by atoms with van der Waals surface area (Å²) in [5, 5.41) is 10.0. The van der Waals surface area contributed by atoms with E-state index in [1.807, 2.05) is 55.5 Å². The minimum atomic E-state index is -0.986. The molecule has 4 heteroatoms. The maximum absolute atomic E-state index is 12.0. The van der Waals surface area contributed by atoms with E-state index in [9.17, 15) is 9.90 Å². The zero-order valence-electron chi connectivity index (χ0n) is 12.0. The third kappa shape index (κ3) is 2.28. The summed E-state index contributed by atoms with van der Waals surface area (Å²) in [5.74, 6) is 0.487. The molecule has 1 N–H and O–H groups in total. The summed E-state index contributed by atoms with van der Waals surface area (Å²) < 4.78 is 5.13. The second-order valence-corrected chi connectivity index (χ2v) is 5.21. The molecule has 1 aliphatic rings. The number of methoxy groups -OCH3 is 1. The molecule has 0 aromatic heterocycles. The summed E-state index contributed by atoms with van der Waals surface area (Å²) in [6, 6.07) is 14.8. The van der Waals surface area contributed by atoms with Crippen molar-refractivity contribution in [2.75, 3.05) is 12.0 Å². The predicted molar refractivity (Wildman–Crippen MR) is 80.4 cm³/mol. The van der Waals surface area contributed by atoms with Crippen LogP contribution in [-0.4, -0.2) is 24.2 Å². The van der Waals surface area contributed by atoms with Gasteiger partial charge in [-0.05, 0) is 36.8 Å². The first-order chi connectivity index (χ1) is 10.1. The molecule has 1 fully saturated rings. The van der Waals surface area contributed by atoms with Gasteiger partial charge in [-0.2, -0.15) is 0 Å². The predicted octanol–water partition coefficient (Wildman–Crippen LogP) is 2.45. The third-order valence-electron chi connectivity index (χ3n) is 3.84. The van der Waals surface area contributed by atoms with E-state index in [1.54, 1.807) is 12.0 Å². The molecule has 2 aromatic rings. The number of aryl methyl sites for hydroxylation is 1. The van der Waals surface area contributed by atoms with E-state index in [-0.39, 0.29) is 11.9 Å². The van der Waals surface area contributed by atoms with E-state index < -0.39 is 6.10 Å². The minimum Gasteiger partial charge on any atom is -0.497 e. The lowest BCUT2D eigenvalue weighted by Gasteiger charge is -2.44. The number of aliphatic hydroxyl groups is 1. The Kier molecular flexibility index (Phi) is 3.39. The quantitative estimate of drug-likeness (QED) is 0.880. The highest BCUT2D eigenvalue weighted by Crippen LogP contribution is 2.39. The van der Waals surface area contributed by atoms with Crippen LogP contribution in [0.1, 0.15) is 17.2 Å². The normalized spacial score (nSPS) is 21.1. The van der Waals surface area contributed by atoms with E-state index in [4.69, 9.17) is 4.74 Å². The van der Waals surface area contributed by atoms with Crippen LogP contribution in [0.3, 0.4) is 0 Å². The number of benzene rings is 2. The number of hydrogen-bond donors (Lipinski definition) is 1. The number of anilines is 1. The molecule has 1 amide bonds. The van der Waals surface area contributed by atoms with Crippen molar-refractivity contribution in [3.8, 4) is 5.75 Å². The number of amides is 1. The molecular formula is C17H17NO3. The molecule has 0 radical (unpaired) electrons. The van der Waals surface area contributed by atoms with Gasteiger partial charge >= 0.3 is 0 Å². The maximum atomic E-state index is 12.0. The molecule has 1 aliphatic heterocycles. The molecule has 3 rings (SSSR count). The molecule has 2 aromatic carbocycles. The first-order valence-corrected chi connectivity index (χ1v) is 6.83. The zero-order chi connectivity index (χ0) is 15.0. The number of nitrogens with zero attached hydrogens (tertiary/aromatic N) is 1. The monoisotopic (exact) mass is 283 g/mol. The Labute approximate surface area is 123 Å². The molecule has 0 saturated carbocycles. The van der Waals surface area contributed by atoms with Crippen molar-refractivity contribution in [3.63, 3.8) is 0 Å². The molecule has 108 valence electrons. The first-order valence-electron chi connectivity index (χ1n) is 6.83. The van der Waals surface area contributed by atoms with Gasteiger partial charge in [-0.15, -0.1) is 0 Å². The topological polar surface area (TPSA) is 49.8 Å². The second kappa shape index (κ2) is 5.22. The molecular weight excluding hydrogens is 266 g/mol. The molecule has 0 unspecified atom stereocenters. The fourth-order valence-electron chi connectivity index (χ4n) is 2.60. The van der Waals surface area contributed by atoms with Crippen LogP contribution in [0.2, 0.25) is 0 Å². The summed E-state index contributed by atoms with van der Waals surface area (Å²) in [6.07, 6.45) is -0.986. The lowest BCUT2D eigenvalue weighted by molar-refractivity contribution is -0.137. The van der Waals surface area contributed by atoms with Gasteiger partial charge in [0.25, 0.3) is 5.91 Å². The van der Waals surface area contributed by atoms with Crippen LogP contribution in [0, 0.1) is 6.92 Å². The number of ether oxygens (including phenoxy) is 1. The highest BCUT2D eigenvalue weighted by atomic mass is 16.5. The van der Waals surface area contributed by atoms with Crippen molar-refractivity contribution in [2.24, 2.45) is 0 Å². The van der Waals surface area contributed by atoms with Crippen molar-refractivity contribution in [2.45, 2.75) is 19.1 Å². The van der Waals surface area contributed by atoms with Gasteiger partial charge in [0.1, 0.15) is 5.75 Å². The minimum absolute atomic E-state index is 0.264. The molecule has 21 heavy (non-hydrogen) atoms. The van der Waals surface area contributed by atoms with Crippen LogP contribution in [0.4, 0.5) is 5.69 Å². The van der Waals surface area contributed by atoms with E-state index in [2.05, 4.69) is 0 Å². The highest BCUT2D eigenvalue weighted by Gasteiger charge is 2.47. The van der Waals surface area contributed by atoms with Crippen molar-refractivity contribution >= 4 is 11.6 Å². The van der Waals surface area contributed by atoms with Gasteiger partial charge in [-0.3, -0.25) is 9.69 Å². The van der Waals surface area contributed by atoms with Gasteiger partial charge in [0.15, 0.2) is 6.10 Å². The van der Waals surface area contributed by atoms with E-state index >= 15 is 0 Å². The Hall–Kier alpha value is -2.33. The summed E-state index contributed by atoms with van der Waals surface area (Å²) in [7, 11) is 1.61. The van der Waals surface area contributed by atoms with Crippen LogP contribution in [-0.2, 0) is 4.79 Å². The van der Waals surface area contributed by atoms with E-state index in [1.165, 1.54) is 0 Å². The number of aliphatic hydroxyl groups excluding tert-OH is 1. The number of hydrogen-bond acceptors (Lipinski definition) is 3. The van der Waals surface area contributed by atoms with Crippen molar-refractivity contribution in [3.05, 3.63) is 59.7 Å². The van der Waals surface area contributed by atoms with Crippen LogP contribution in [0.25, 0.3) is 0 Å². The average Bonchev–Trinajstić information content (AvgIpc) is 2.53. The number of β-lactam (4-membered cyclic amide) rings is 1. The average molecular weight is 283 g/mol. The number of carbonyl (C=O) groups is 1. The van der Waals surface area contributed by atoms with Crippen LogP contribution >= 0.6 is 0 Å². The molecule has 2 atom stereocenters. The van der Waals surface area contributed by atoms with Gasteiger partial charge in [-0.25, -0.2) is 0 Å². The van der Waals surface area contributed by atoms with Gasteiger partial charge in [0.05, 0.1) is 13.2 Å². The Morgan fingerprint density at radius 1 is 1.05 bits per heavy atom. The standard InChI is InChI=1S/C17H17NO3/c1-11-3-7-13(8-4-11)18-15(16(19)17(18)20)12-5-9-14(21-2)10-6-12/h3-10,15-16,19H,1-2H3/t15-,16+/m1/s1. The van der Waals surface area contributed by atoms with Crippen LogP contribution in [0.5, 0.6) is 5.75 Å². The second-order valence-electron chi connectivity index (χ2n) is 5.21. The molecule has 1 heterocycles. The van der Waals surface area contributed by atoms with E-state index in [0.717, 1.165) is 22.6 Å². The fraction of sp³-hybridized carbons (Fsp3) is 0.235. The Morgan fingerprint density at radius 3 is 2.24 bits per heavy atom. The van der Waals surface area contributed by atoms with Crippen molar-refractivity contribution in [1.82, 2.24) is 0 Å². The number of carbonyl (C=O) groups excluding carboxylic acids is 1.